The maximum Gasteiger partial charge on any atom is 0.211 e. The summed E-state index contributed by atoms with van der Waals surface area (Å²) in [5.41, 5.74) is 0. The molecule has 0 aliphatic rings. The molecule has 0 saturated heterocycles. The van der Waals surface area contributed by atoms with Gasteiger partial charge in [0.15, 0.2) is 0 Å². The molecule has 74 valence electrons. The first kappa shape index (κ1) is 11.9. The fourth-order valence-electron chi connectivity index (χ4n) is 1.15. The average molecular weight is 193 g/mol. The monoisotopic (exact) mass is 193 g/mol. The number of hydrogen-bond donors (Lipinski definition) is 1. The van der Waals surface area contributed by atoms with Crippen molar-refractivity contribution < 1.29 is 8.42 Å². The topological polar surface area (TPSA) is 46.2 Å². The van der Waals surface area contributed by atoms with Crippen LogP contribution in [0, 0.1) is 5.92 Å². The minimum atomic E-state index is -3.01. The highest BCUT2D eigenvalue weighted by atomic mass is 32.2. The zero-order valence-electron chi connectivity index (χ0n) is 8.29. The summed E-state index contributed by atoms with van der Waals surface area (Å²) in [6.07, 6.45) is 0.888. The van der Waals surface area contributed by atoms with E-state index >= 15 is 0 Å². The van der Waals surface area contributed by atoms with E-state index in [-0.39, 0.29) is 11.8 Å². The summed E-state index contributed by atoms with van der Waals surface area (Å²) in [4.78, 5) is 0. The molecule has 0 amide bonds. The minimum absolute atomic E-state index is 0.0509. The van der Waals surface area contributed by atoms with E-state index in [1.807, 2.05) is 6.92 Å². The molecule has 4 heteroatoms. The third-order valence-corrected chi connectivity index (χ3v) is 3.11. The summed E-state index contributed by atoms with van der Waals surface area (Å²) < 4.78 is 24.8. The zero-order chi connectivity index (χ0) is 9.78. The second-order valence-electron chi connectivity index (χ2n) is 3.55. The molecule has 3 nitrogen and oxygen atoms in total. The summed E-state index contributed by atoms with van der Waals surface area (Å²) in [6, 6.07) is 0.0509. The van der Waals surface area contributed by atoms with Gasteiger partial charge in [-0.1, -0.05) is 13.8 Å². The predicted octanol–water partition coefficient (Wildman–Crippen LogP) is 1.36. The summed E-state index contributed by atoms with van der Waals surface area (Å²) in [5, 5.41) is 0. The van der Waals surface area contributed by atoms with Crippen LogP contribution in [0.5, 0.6) is 0 Å². The van der Waals surface area contributed by atoms with Gasteiger partial charge in [-0.3, -0.25) is 0 Å². The fraction of sp³-hybridized carbons (Fsp3) is 1.00. The van der Waals surface area contributed by atoms with E-state index in [0.717, 1.165) is 6.42 Å². The maximum atomic E-state index is 11.1. The summed E-state index contributed by atoms with van der Waals surface area (Å²) in [7, 11) is -3.01. The second-order valence-corrected chi connectivity index (χ2v) is 5.59. The molecule has 0 rings (SSSR count). The Morgan fingerprint density at radius 1 is 1.25 bits per heavy atom. The highest BCUT2D eigenvalue weighted by molar-refractivity contribution is 7.89. The summed E-state index contributed by atoms with van der Waals surface area (Å²) in [6.45, 7) is 7.70. The van der Waals surface area contributed by atoms with Crippen LogP contribution in [0.3, 0.4) is 0 Å². The highest BCUT2D eigenvalue weighted by Gasteiger charge is 2.12. The Labute approximate surface area is 75.6 Å². The van der Waals surface area contributed by atoms with Crippen molar-refractivity contribution in [3.63, 3.8) is 0 Å². The van der Waals surface area contributed by atoms with Gasteiger partial charge in [0.2, 0.25) is 10.0 Å². The van der Waals surface area contributed by atoms with Crippen molar-refractivity contribution in [3.05, 3.63) is 0 Å². The number of nitrogens with one attached hydrogen (secondary N) is 1. The second kappa shape index (κ2) is 4.82. The van der Waals surface area contributed by atoms with Gasteiger partial charge in [0.25, 0.3) is 0 Å². The molecule has 1 unspecified atom stereocenters. The zero-order valence-corrected chi connectivity index (χ0v) is 9.11. The number of rotatable bonds is 5. The molecule has 1 atom stereocenters. The first-order valence-corrected chi connectivity index (χ1v) is 6.02. The molecule has 0 saturated carbocycles. The molecule has 0 bridgehead atoms. The van der Waals surface area contributed by atoms with Gasteiger partial charge in [0, 0.05) is 6.04 Å². The van der Waals surface area contributed by atoms with E-state index in [1.165, 1.54) is 0 Å². The Balaban J connectivity index is 3.93. The Morgan fingerprint density at radius 2 is 1.75 bits per heavy atom. The van der Waals surface area contributed by atoms with Crippen LogP contribution >= 0.6 is 0 Å². The van der Waals surface area contributed by atoms with E-state index in [0.29, 0.717) is 5.92 Å². The van der Waals surface area contributed by atoms with Gasteiger partial charge in [-0.2, -0.15) is 0 Å². The van der Waals surface area contributed by atoms with Crippen molar-refractivity contribution in [2.45, 2.75) is 40.2 Å². The van der Waals surface area contributed by atoms with Crippen LogP contribution < -0.4 is 4.72 Å². The maximum absolute atomic E-state index is 11.1. The van der Waals surface area contributed by atoms with Crippen LogP contribution in [0.2, 0.25) is 0 Å². The lowest BCUT2D eigenvalue weighted by atomic mass is 10.1. The summed E-state index contributed by atoms with van der Waals surface area (Å²) >= 11 is 0. The van der Waals surface area contributed by atoms with E-state index in [2.05, 4.69) is 18.6 Å². The molecular weight excluding hydrogens is 174 g/mol. The molecule has 0 radical (unpaired) electrons. The summed E-state index contributed by atoms with van der Waals surface area (Å²) in [5.74, 6) is 0.690. The van der Waals surface area contributed by atoms with Crippen LogP contribution in [0.1, 0.15) is 34.1 Å². The van der Waals surface area contributed by atoms with Crippen molar-refractivity contribution in [2.75, 3.05) is 5.75 Å². The van der Waals surface area contributed by atoms with Gasteiger partial charge in [0.1, 0.15) is 0 Å². The smallest absolute Gasteiger partial charge is 0.211 e. The molecule has 0 aromatic rings. The van der Waals surface area contributed by atoms with Gasteiger partial charge in [-0.15, -0.1) is 0 Å². The molecule has 0 spiro atoms. The van der Waals surface area contributed by atoms with Crippen LogP contribution in [-0.4, -0.2) is 20.2 Å². The lowest BCUT2D eigenvalue weighted by molar-refractivity contribution is 0.483. The molecule has 0 heterocycles. The predicted molar refractivity (Wildman–Crippen MR) is 51.5 cm³/mol. The van der Waals surface area contributed by atoms with Crippen molar-refractivity contribution in [1.29, 1.82) is 0 Å². The Kier molecular flexibility index (Phi) is 4.78. The normalized spacial score (nSPS) is 15.1. The van der Waals surface area contributed by atoms with Gasteiger partial charge >= 0.3 is 0 Å². The SMILES string of the molecule is CCS(=O)(=O)NC(C)CC(C)C. The molecule has 0 aliphatic heterocycles. The standard InChI is InChI=1S/C8H19NO2S/c1-5-12(10,11)9-8(4)6-7(2)3/h7-9H,5-6H2,1-4H3. The molecule has 0 aromatic carbocycles. The van der Waals surface area contributed by atoms with Crippen molar-refractivity contribution in [2.24, 2.45) is 5.92 Å². The lowest BCUT2D eigenvalue weighted by Crippen LogP contribution is -2.34. The molecule has 0 aliphatic carbocycles. The Bertz CT molecular complexity index is 209. The van der Waals surface area contributed by atoms with Gasteiger partial charge in [-0.05, 0) is 26.2 Å². The van der Waals surface area contributed by atoms with Gasteiger partial charge in [0.05, 0.1) is 5.75 Å². The largest absolute Gasteiger partial charge is 0.212 e. The minimum Gasteiger partial charge on any atom is -0.212 e. The first-order valence-electron chi connectivity index (χ1n) is 4.37. The molecule has 0 aromatic heterocycles. The van der Waals surface area contributed by atoms with Crippen molar-refractivity contribution in [1.82, 2.24) is 4.72 Å². The molecular formula is C8H19NO2S. The van der Waals surface area contributed by atoms with Crippen LogP contribution in [0.15, 0.2) is 0 Å². The van der Waals surface area contributed by atoms with Crippen molar-refractivity contribution >= 4 is 10.0 Å². The van der Waals surface area contributed by atoms with Gasteiger partial charge < -0.3 is 0 Å². The van der Waals surface area contributed by atoms with E-state index in [1.54, 1.807) is 6.92 Å². The molecule has 0 fully saturated rings. The van der Waals surface area contributed by atoms with Crippen molar-refractivity contribution in [3.8, 4) is 0 Å². The number of sulfonamides is 1. The molecule has 1 N–H and O–H groups in total. The van der Waals surface area contributed by atoms with Crippen LogP contribution in [0.4, 0.5) is 0 Å². The number of hydrogen-bond acceptors (Lipinski definition) is 2. The van der Waals surface area contributed by atoms with E-state index < -0.39 is 10.0 Å². The highest BCUT2D eigenvalue weighted by Crippen LogP contribution is 2.04. The Hall–Kier alpha value is -0.0900. The third-order valence-electron chi connectivity index (χ3n) is 1.59. The van der Waals surface area contributed by atoms with E-state index in [4.69, 9.17) is 0 Å². The fourth-order valence-corrected chi connectivity index (χ4v) is 2.02. The van der Waals surface area contributed by atoms with Crippen LogP contribution in [-0.2, 0) is 10.0 Å². The quantitative estimate of drug-likeness (QED) is 0.716. The van der Waals surface area contributed by atoms with Gasteiger partial charge in [-0.25, -0.2) is 13.1 Å². The Morgan fingerprint density at radius 3 is 2.08 bits per heavy atom. The lowest BCUT2D eigenvalue weighted by Gasteiger charge is -2.14. The van der Waals surface area contributed by atoms with E-state index in [9.17, 15) is 8.42 Å². The first-order chi connectivity index (χ1) is 5.37. The van der Waals surface area contributed by atoms with Crippen LogP contribution in [0.25, 0.3) is 0 Å². The third kappa shape index (κ3) is 5.55. The average Bonchev–Trinajstić information content (AvgIpc) is 1.84. The molecule has 12 heavy (non-hydrogen) atoms.